The highest BCUT2D eigenvalue weighted by atomic mass is 19.3. The topological polar surface area (TPSA) is 70.7 Å². The lowest BCUT2D eigenvalue weighted by Crippen LogP contribution is -2.47. The molecule has 0 spiro atoms. The van der Waals surface area contributed by atoms with Gasteiger partial charge in [-0.2, -0.15) is 8.78 Å². The second-order valence-electron chi connectivity index (χ2n) is 6.80. The van der Waals surface area contributed by atoms with E-state index in [-0.39, 0.29) is 17.6 Å². The Morgan fingerprint density at radius 2 is 1.93 bits per heavy atom. The van der Waals surface area contributed by atoms with Crippen LogP contribution in [0.2, 0.25) is 0 Å². The Hall–Kier alpha value is -3.16. The third-order valence-electron chi connectivity index (χ3n) is 4.88. The van der Waals surface area contributed by atoms with Gasteiger partial charge in [-0.3, -0.25) is 9.59 Å². The summed E-state index contributed by atoms with van der Waals surface area (Å²) in [6.45, 7) is -2.32. The van der Waals surface area contributed by atoms with Crippen molar-refractivity contribution in [2.45, 2.75) is 31.9 Å². The molecular weight excluding hydrogens is 368 g/mol. The molecule has 1 atom stereocenters. The smallest absolute Gasteiger partial charge is 0.387 e. The number of anilines is 3. The summed E-state index contributed by atoms with van der Waals surface area (Å²) in [5.41, 5.74) is 3.14. The number of hydrogen-bond donors (Lipinski definition) is 2. The van der Waals surface area contributed by atoms with Crippen LogP contribution in [0.4, 0.5) is 25.8 Å². The minimum Gasteiger partial charge on any atom is -0.435 e. The van der Waals surface area contributed by atoms with Crippen molar-refractivity contribution in [2.75, 3.05) is 22.1 Å². The van der Waals surface area contributed by atoms with Crippen LogP contribution in [-0.4, -0.2) is 31.0 Å². The van der Waals surface area contributed by atoms with Crippen LogP contribution in [0.1, 0.15) is 18.4 Å². The van der Waals surface area contributed by atoms with Crippen LogP contribution in [-0.2, 0) is 16.0 Å². The molecule has 2 aliphatic heterocycles. The molecule has 1 saturated heterocycles. The predicted molar refractivity (Wildman–Crippen MR) is 101 cm³/mol. The van der Waals surface area contributed by atoms with Gasteiger partial charge in [-0.25, -0.2) is 0 Å². The number of carbonyl (C=O) groups is 2. The van der Waals surface area contributed by atoms with Gasteiger partial charge in [0.15, 0.2) is 0 Å². The van der Waals surface area contributed by atoms with Crippen LogP contribution in [0.15, 0.2) is 42.5 Å². The molecule has 0 aromatic heterocycles. The van der Waals surface area contributed by atoms with E-state index in [1.807, 2.05) is 18.2 Å². The van der Waals surface area contributed by atoms with Crippen molar-refractivity contribution >= 4 is 28.9 Å². The number of rotatable bonds is 5. The maximum absolute atomic E-state index is 12.9. The molecule has 2 aromatic carbocycles. The summed E-state index contributed by atoms with van der Waals surface area (Å²) in [5, 5.41) is 6.04. The summed E-state index contributed by atoms with van der Waals surface area (Å²) in [7, 11) is 0. The van der Waals surface area contributed by atoms with Crippen LogP contribution in [0, 0.1) is 0 Å². The zero-order valence-electron chi connectivity index (χ0n) is 15.0. The van der Waals surface area contributed by atoms with E-state index in [1.54, 1.807) is 17.0 Å². The molecule has 2 aromatic rings. The van der Waals surface area contributed by atoms with Gasteiger partial charge in [0.05, 0.1) is 6.42 Å². The van der Waals surface area contributed by atoms with Crippen molar-refractivity contribution in [1.29, 1.82) is 0 Å². The molecule has 146 valence electrons. The van der Waals surface area contributed by atoms with Crippen molar-refractivity contribution in [3.63, 3.8) is 0 Å². The van der Waals surface area contributed by atoms with E-state index < -0.39 is 12.7 Å². The maximum Gasteiger partial charge on any atom is 0.387 e. The van der Waals surface area contributed by atoms with E-state index in [9.17, 15) is 18.4 Å². The highest BCUT2D eigenvalue weighted by Gasteiger charge is 2.30. The van der Waals surface area contributed by atoms with Crippen LogP contribution in [0.25, 0.3) is 0 Å². The Kier molecular flexibility index (Phi) is 4.85. The average molecular weight is 387 g/mol. The number of nitrogens with zero attached hydrogens (tertiary/aromatic N) is 1. The molecule has 4 rings (SSSR count). The van der Waals surface area contributed by atoms with Crippen LogP contribution in [0.5, 0.6) is 5.75 Å². The quantitative estimate of drug-likeness (QED) is 0.825. The number of hydrogen-bond acceptors (Lipinski definition) is 4. The first-order valence-electron chi connectivity index (χ1n) is 9.05. The Labute approximate surface area is 160 Å². The third-order valence-corrected chi connectivity index (χ3v) is 4.88. The van der Waals surface area contributed by atoms with Crippen LogP contribution < -0.4 is 20.3 Å². The van der Waals surface area contributed by atoms with Crippen LogP contribution >= 0.6 is 0 Å². The van der Waals surface area contributed by atoms with Gasteiger partial charge in [-0.05, 0) is 60.9 Å². The summed E-state index contributed by atoms with van der Waals surface area (Å²) in [5.74, 6) is -0.0611. The Balaban J connectivity index is 1.46. The van der Waals surface area contributed by atoms with Gasteiger partial charge in [0, 0.05) is 23.6 Å². The van der Waals surface area contributed by atoms with Crippen LogP contribution in [0.3, 0.4) is 0 Å². The van der Waals surface area contributed by atoms with Gasteiger partial charge in [0.2, 0.25) is 11.8 Å². The first kappa shape index (κ1) is 18.2. The van der Waals surface area contributed by atoms with E-state index in [4.69, 9.17) is 0 Å². The second kappa shape index (κ2) is 7.46. The number of alkyl halides is 2. The molecule has 0 bridgehead atoms. The van der Waals surface area contributed by atoms with E-state index in [2.05, 4.69) is 15.4 Å². The van der Waals surface area contributed by atoms with E-state index in [0.29, 0.717) is 25.1 Å². The molecular formula is C20H19F2N3O3. The standard InChI is InChI=1S/C20H19F2N3O3/c21-20(22)28-15-6-4-14(5-7-15)25-9-1-2-17(19(25)27)23-13-3-8-16-12(10-13)11-18(26)24-16/h3-8,10,17,20,23H,1-2,9,11H2,(H,24,26). The molecule has 28 heavy (non-hydrogen) atoms. The molecule has 6 nitrogen and oxygen atoms in total. The summed E-state index contributed by atoms with van der Waals surface area (Å²) < 4.78 is 28.9. The molecule has 0 radical (unpaired) electrons. The van der Waals surface area contributed by atoms with E-state index in [0.717, 1.165) is 23.4 Å². The lowest BCUT2D eigenvalue weighted by atomic mass is 10.0. The minimum atomic E-state index is -2.88. The average Bonchev–Trinajstić information content (AvgIpc) is 3.03. The SMILES string of the molecule is O=C1Cc2cc(NC3CCCN(c4ccc(OC(F)F)cc4)C3=O)ccc2N1. The van der Waals surface area contributed by atoms with E-state index in [1.165, 1.54) is 12.1 Å². The molecule has 0 aliphatic carbocycles. The van der Waals surface area contributed by atoms with Gasteiger partial charge in [0.25, 0.3) is 0 Å². The van der Waals surface area contributed by atoms with E-state index >= 15 is 0 Å². The Morgan fingerprint density at radius 1 is 1.14 bits per heavy atom. The van der Waals surface area contributed by atoms with Crippen molar-refractivity contribution < 1.29 is 23.1 Å². The lowest BCUT2D eigenvalue weighted by molar-refractivity contribution is -0.120. The molecule has 1 unspecified atom stereocenters. The number of nitrogens with one attached hydrogen (secondary N) is 2. The summed E-state index contributed by atoms with van der Waals surface area (Å²) >= 11 is 0. The third kappa shape index (κ3) is 3.76. The first-order valence-corrected chi connectivity index (χ1v) is 9.05. The number of amides is 2. The minimum absolute atomic E-state index is 0.0358. The largest absolute Gasteiger partial charge is 0.435 e. The first-order chi connectivity index (χ1) is 13.5. The van der Waals surface area contributed by atoms with Gasteiger partial charge in [-0.15, -0.1) is 0 Å². The molecule has 2 aliphatic rings. The fraction of sp³-hybridized carbons (Fsp3) is 0.300. The Bertz CT molecular complexity index is 902. The highest BCUT2D eigenvalue weighted by Crippen LogP contribution is 2.29. The lowest BCUT2D eigenvalue weighted by Gasteiger charge is -2.33. The van der Waals surface area contributed by atoms with Crippen molar-refractivity contribution in [2.24, 2.45) is 0 Å². The van der Waals surface area contributed by atoms with Gasteiger partial charge < -0.3 is 20.3 Å². The number of fused-ring (bicyclic) bond motifs is 1. The fourth-order valence-corrected chi connectivity index (χ4v) is 3.59. The summed E-state index contributed by atoms with van der Waals surface area (Å²) in [4.78, 5) is 26.1. The highest BCUT2D eigenvalue weighted by molar-refractivity contribution is 6.01. The number of carbonyl (C=O) groups excluding carboxylic acids is 2. The molecule has 2 N–H and O–H groups in total. The normalized spacial score (nSPS) is 18.8. The number of benzene rings is 2. The molecule has 1 fully saturated rings. The van der Waals surface area contributed by atoms with Gasteiger partial charge >= 0.3 is 6.61 Å². The number of halogens is 2. The molecule has 2 heterocycles. The second-order valence-corrected chi connectivity index (χ2v) is 6.80. The summed E-state index contributed by atoms with van der Waals surface area (Å²) in [6, 6.07) is 11.2. The van der Waals surface area contributed by atoms with Gasteiger partial charge in [-0.1, -0.05) is 0 Å². The van der Waals surface area contributed by atoms with Crippen molar-refractivity contribution in [3.05, 3.63) is 48.0 Å². The zero-order valence-corrected chi connectivity index (χ0v) is 15.0. The number of ether oxygens (including phenoxy) is 1. The fourth-order valence-electron chi connectivity index (χ4n) is 3.59. The monoisotopic (exact) mass is 387 g/mol. The molecule has 8 heteroatoms. The molecule has 0 saturated carbocycles. The summed E-state index contributed by atoms with van der Waals surface area (Å²) in [6.07, 6.45) is 1.84. The number of piperidine rings is 1. The Morgan fingerprint density at radius 3 is 2.68 bits per heavy atom. The van der Waals surface area contributed by atoms with Gasteiger partial charge in [0.1, 0.15) is 11.8 Å². The predicted octanol–water partition coefficient (Wildman–Crippen LogP) is 3.39. The molecule has 2 amide bonds. The maximum atomic E-state index is 12.9. The van der Waals surface area contributed by atoms with Crippen molar-refractivity contribution in [1.82, 2.24) is 0 Å². The van der Waals surface area contributed by atoms with Crippen molar-refractivity contribution in [3.8, 4) is 5.75 Å². The zero-order chi connectivity index (χ0) is 19.7.